The van der Waals surface area contributed by atoms with Crippen LogP contribution in [0.5, 0.6) is 5.75 Å². The lowest BCUT2D eigenvalue weighted by Crippen LogP contribution is -3.11. The van der Waals surface area contributed by atoms with Gasteiger partial charge in [0.15, 0.2) is 0 Å². The van der Waals surface area contributed by atoms with E-state index < -0.39 is 0 Å². The first-order valence-corrected chi connectivity index (χ1v) is 8.37. The van der Waals surface area contributed by atoms with Crippen LogP contribution in [0.15, 0.2) is 42.5 Å². The Morgan fingerprint density at radius 3 is 2.43 bits per heavy atom. The average molecular weight is 284 g/mol. The molecule has 21 heavy (non-hydrogen) atoms. The fraction of sp³-hybridized carbons (Fsp3) is 0.474. The Morgan fingerprint density at radius 2 is 1.62 bits per heavy atom. The van der Waals surface area contributed by atoms with Gasteiger partial charge in [-0.2, -0.15) is 0 Å². The van der Waals surface area contributed by atoms with E-state index in [1.807, 2.05) is 0 Å². The zero-order chi connectivity index (χ0) is 14.3. The molecule has 0 unspecified atom stereocenters. The third kappa shape index (κ3) is 4.21. The van der Waals surface area contributed by atoms with Gasteiger partial charge in [0.05, 0.1) is 26.2 Å². The summed E-state index contributed by atoms with van der Waals surface area (Å²) >= 11 is 0. The second-order valence-corrected chi connectivity index (χ2v) is 6.13. The highest BCUT2D eigenvalue weighted by Gasteiger charge is 2.11. The standard InChI is InChI=1S/C19H25NO/c1-2-6-13-20(12-5-1)14-7-15-21-19-11-10-17-8-3-4-9-18(17)16-19/h3-4,8-11,16H,1-2,5-7,12-15H2/p+1. The number of hydrogen-bond donors (Lipinski definition) is 1. The Morgan fingerprint density at radius 1 is 0.857 bits per heavy atom. The van der Waals surface area contributed by atoms with Crippen molar-refractivity contribution in [2.24, 2.45) is 0 Å². The van der Waals surface area contributed by atoms with Gasteiger partial charge in [-0.15, -0.1) is 0 Å². The first-order chi connectivity index (χ1) is 10.4. The molecule has 2 aromatic rings. The molecular formula is C19H26NO+. The van der Waals surface area contributed by atoms with E-state index >= 15 is 0 Å². The molecule has 2 nitrogen and oxygen atoms in total. The van der Waals surface area contributed by atoms with Crippen molar-refractivity contribution in [2.45, 2.75) is 32.1 Å². The largest absolute Gasteiger partial charge is 0.493 e. The van der Waals surface area contributed by atoms with E-state index in [2.05, 4.69) is 42.5 Å². The second kappa shape index (κ2) is 7.46. The number of hydrogen-bond acceptors (Lipinski definition) is 1. The highest BCUT2D eigenvalue weighted by Crippen LogP contribution is 2.20. The van der Waals surface area contributed by atoms with Crippen molar-refractivity contribution < 1.29 is 9.64 Å². The molecule has 0 aliphatic carbocycles. The Labute approximate surface area is 127 Å². The van der Waals surface area contributed by atoms with Crippen LogP contribution in [-0.4, -0.2) is 26.2 Å². The van der Waals surface area contributed by atoms with E-state index in [9.17, 15) is 0 Å². The Balaban J connectivity index is 1.45. The molecule has 0 aromatic heterocycles. The molecule has 2 aromatic carbocycles. The van der Waals surface area contributed by atoms with Crippen molar-refractivity contribution in [3.63, 3.8) is 0 Å². The number of nitrogens with one attached hydrogen (secondary N) is 1. The molecule has 2 heteroatoms. The predicted molar refractivity (Wildman–Crippen MR) is 88.1 cm³/mol. The summed E-state index contributed by atoms with van der Waals surface area (Å²) in [5.41, 5.74) is 0. The maximum Gasteiger partial charge on any atom is 0.119 e. The lowest BCUT2D eigenvalue weighted by molar-refractivity contribution is -0.899. The van der Waals surface area contributed by atoms with Crippen molar-refractivity contribution in [2.75, 3.05) is 26.2 Å². The summed E-state index contributed by atoms with van der Waals surface area (Å²) in [7, 11) is 0. The lowest BCUT2D eigenvalue weighted by Gasteiger charge is -2.17. The molecule has 1 aliphatic heterocycles. The fourth-order valence-corrected chi connectivity index (χ4v) is 3.25. The molecule has 0 bridgehead atoms. The van der Waals surface area contributed by atoms with Crippen LogP contribution in [0, 0.1) is 0 Å². The van der Waals surface area contributed by atoms with E-state index in [0.717, 1.165) is 18.8 Å². The maximum atomic E-state index is 5.92. The van der Waals surface area contributed by atoms with Gasteiger partial charge in [-0.1, -0.05) is 30.3 Å². The van der Waals surface area contributed by atoms with E-state index in [1.165, 1.54) is 56.1 Å². The van der Waals surface area contributed by atoms with Gasteiger partial charge in [0, 0.05) is 6.42 Å². The average Bonchev–Trinajstić information content (AvgIpc) is 2.80. The van der Waals surface area contributed by atoms with Gasteiger partial charge in [-0.05, 0) is 48.6 Å². The molecule has 1 aliphatic rings. The first-order valence-electron chi connectivity index (χ1n) is 8.37. The van der Waals surface area contributed by atoms with Gasteiger partial charge in [-0.3, -0.25) is 0 Å². The van der Waals surface area contributed by atoms with E-state index in [1.54, 1.807) is 4.90 Å². The summed E-state index contributed by atoms with van der Waals surface area (Å²) in [5, 5.41) is 2.53. The van der Waals surface area contributed by atoms with Crippen molar-refractivity contribution in [3.05, 3.63) is 42.5 Å². The Hall–Kier alpha value is -1.54. The molecule has 0 amide bonds. The maximum absolute atomic E-state index is 5.92. The molecule has 1 N–H and O–H groups in total. The number of ether oxygens (including phenoxy) is 1. The summed E-state index contributed by atoms with van der Waals surface area (Å²) in [4.78, 5) is 1.77. The zero-order valence-corrected chi connectivity index (χ0v) is 12.8. The summed E-state index contributed by atoms with van der Waals surface area (Å²) in [6.45, 7) is 4.81. The fourth-order valence-electron chi connectivity index (χ4n) is 3.25. The van der Waals surface area contributed by atoms with Crippen molar-refractivity contribution >= 4 is 10.8 Å². The van der Waals surface area contributed by atoms with Gasteiger partial charge in [0.1, 0.15) is 5.75 Å². The normalized spacial score (nSPS) is 16.8. The van der Waals surface area contributed by atoms with Crippen molar-refractivity contribution in [1.82, 2.24) is 0 Å². The molecule has 0 saturated carbocycles. The first kappa shape index (κ1) is 14.4. The molecule has 3 rings (SSSR count). The highest BCUT2D eigenvalue weighted by molar-refractivity contribution is 5.83. The second-order valence-electron chi connectivity index (χ2n) is 6.13. The van der Waals surface area contributed by atoms with E-state index in [4.69, 9.17) is 4.74 Å². The topological polar surface area (TPSA) is 13.7 Å². The van der Waals surface area contributed by atoms with Crippen LogP contribution < -0.4 is 9.64 Å². The third-order valence-corrected chi connectivity index (χ3v) is 4.47. The summed E-state index contributed by atoms with van der Waals surface area (Å²) in [5.74, 6) is 1.000. The lowest BCUT2D eigenvalue weighted by atomic mass is 10.1. The van der Waals surface area contributed by atoms with Crippen LogP contribution in [0.4, 0.5) is 0 Å². The molecule has 1 saturated heterocycles. The van der Waals surface area contributed by atoms with Crippen molar-refractivity contribution in [3.8, 4) is 5.75 Å². The van der Waals surface area contributed by atoms with Crippen LogP contribution in [0.1, 0.15) is 32.1 Å². The molecule has 0 atom stereocenters. The van der Waals surface area contributed by atoms with Crippen LogP contribution in [-0.2, 0) is 0 Å². The number of likely N-dealkylation sites (tertiary alicyclic amines) is 1. The number of quaternary nitrogens is 1. The summed E-state index contributed by atoms with van der Waals surface area (Å²) < 4.78 is 5.92. The van der Waals surface area contributed by atoms with Crippen LogP contribution >= 0.6 is 0 Å². The monoisotopic (exact) mass is 284 g/mol. The van der Waals surface area contributed by atoms with E-state index in [0.29, 0.717) is 0 Å². The summed E-state index contributed by atoms with van der Waals surface area (Å²) in [6, 6.07) is 14.8. The van der Waals surface area contributed by atoms with Crippen LogP contribution in [0.3, 0.4) is 0 Å². The highest BCUT2D eigenvalue weighted by atomic mass is 16.5. The van der Waals surface area contributed by atoms with Crippen molar-refractivity contribution in [1.29, 1.82) is 0 Å². The zero-order valence-electron chi connectivity index (χ0n) is 12.8. The Kier molecular flexibility index (Phi) is 5.12. The van der Waals surface area contributed by atoms with Gasteiger partial charge in [0.2, 0.25) is 0 Å². The Bertz CT molecular complexity index is 558. The molecule has 0 radical (unpaired) electrons. The van der Waals surface area contributed by atoms with Crippen LogP contribution in [0.2, 0.25) is 0 Å². The smallest absolute Gasteiger partial charge is 0.119 e. The minimum Gasteiger partial charge on any atom is -0.493 e. The van der Waals surface area contributed by atoms with Crippen LogP contribution in [0.25, 0.3) is 10.8 Å². The van der Waals surface area contributed by atoms with E-state index in [-0.39, 0.29) is 0 Å². The molecule has 112 valence electrons. The van der Waals surface area contributed by atoms with Gasteiger partial charge in [-0.25, -0.2) is 0 Å². The molecule has 1 heterocycles. The SMILES string of the molecule is c1ccc2cc(OCCC[NH+]3CCCCCC3)ccc2c1. The minimum atomic E-state index is 0.835. The molecular weight excluding hydrogens is 258 g/mol. The van der Waals surface area contributed by atoms with Gasteiger partial charge in [0.25, 0.3) is 0 Å². The third-order valence-electron chi connectivity index (χ3n) is 4.47. The quantitative estimate of drug-likeness (QED) is 0.833. The minimum absolute atomic E-state index is 0.835. The number of benzene rings is 2. The predicted octanol–water partition coefficient (Wildman–Crippen LogP) is 3.07. The number of fused-ring (bicyclic) bond motifs is 1. The molecule has 0 spiro atoms. The van der Waals surface area contributed by atoms with Gasteiger partial charge < -0.3 is 9.64 Å². The summed E-state index contributed by atoms with van der Waals surface area (Å²) in [6.07, 6.45) is 6.82. The van der Waals surface area contributed by atoms with Gasteiger partial charge >= 0.3 is 0 Å². The molecule has 1 fully saturated rings. The number of rotatable bonds is 5.